The summed E-state index contributed by atoms with van der Waals surface area (Å²) in [7, 11) is 1.60. The van der Waals surface area contributed by atoms with E-state index in [0.29, 0.717) is 23.9 Å². The Hall–Kier alpha value is -1.57. The summed E-state index contributed by atoms with van der Waals surface area (Å²) in [6, 6.07) is 9.79. The molecule has 0 aliphatic heterocycles. The van der Waals surface area contributed by atoms with Gasteiger partial charge in [0.05, 0.1) is 12.4 Å². The Morgan fingerprint density at radius 1 is 1.43 bits per heavy atom. The molecule has 1 aromatic carbocycles. The van der Waals surface area contributed by atoms with Crippen LogP contribution in [0.15, 0.2) is 34.7 Å². The molecule has 1 aromatic heterocycles. The van der Waals surface area contributed by atoms with E-state index in [1.807, 2.05) is 30.3 Å². The van der Waals surface area contributed by atoms with Crippen LogP contribution in [0.4, 0.5) is 5.00 Å². The number of benzene rings is 1. The van der Waals surface area contributed by atoms with Crippen LogP contribution >= 0.6 is 23.1 Å². The average molecular weight is 323 g/mol. The summed E-state index contributed by atoms with van der Waals surface area (Å²) in [5, 5.41) is 3.44. The fraction of sp³-hybridized carbons (Fsp3) is 0.286. The summed E-state index contributed by atoms with van der Waals surface area (Å²) in [6.45, 7) is 1.03. The molecule has 1 amide bonds. The van der Waals surface area contributed by atoms with Crippen molar-refractivity contribution in [3.63, 3.8) is 0 Å². The van der Waals surface area contributed by atoms with Gasteiger partial charge >= 0.3 is 0 Å². The van der Waals surface area contributed by atoms with Crippen LogP contribution in [-0.4, -0.2) is 36.9 Å². The first-order chi connectivity index (χ1) is 10.2. The molecular formula is C14H17N3O2S2. The zero-order valence-electron chi connectivity index (χ0n) is 11.7. The van der Waals surface area contributed by atoms with Gasteiger partial charge in [0, 0.05) is 19.2 Å². The summed E-state index contributed by atoms with van der Waals surface area (Å²) < 4.78 is 5.67. The van der Waals surface area contributed by atoms with Gasteiger partial charge in [0.15, 0.2) is 4.34 Å². The minimum absolute atomic E-state index is 0.0351. The van der Waals surface area contributed by atoms with Crippen molar-refractivity contribution in [3.05, 3.63) is 30.3 Å². The van der Waals surface area contributed by atoms with Crippen molar-refractivity contribution < 1.29 is 9.53 Å². The molecule has 0 atom stereocenters. The molecule has 0 unspecified atom stereocenters. The maximum Gasteiger partial charge on any atom is 0.230 e. The van der Waals surface area contributed by atoms with Gasteiger partial charge in [-0.05, 0) is 0 Å². The van der Waals surface area contributed by atoms with Gasteiger partial charge in [-0.15, -0.1) is 0 Å². The second kappa shape index (κ2) is 8.02. The maximum atomic E-state index is 11.6. The number of anilines is 1. The topological polar surface area (TPSA) is 77.2 Å². The molecular weight excluding hydrogens is 306 g/mol. The first-order valence-corrected chi connectivity index (χ1v) is 8.21. The normalized spacial score (nSPS) is 10.5. The van der Waals surface area contributed by atoms with Crippen molar-refractivity contribution in [3.8, 4) is 11.3 Å². The highest BCUT2D eigenvalue weighted by atomic mass is 32.2. The Morgan fingerprint density at radius 3 is 2.90 bits per heavy atom. The average Bonchev–Trinajstić information content (AvgIpc) is 2.87. The predicted octanol–water partition coefficient (Wildman–Crippen LogP) is 2.25. The Morgan fingerprint density at radius 2 is 2.19 bits per heavy atom. The summed E-state index contributed by atoms with van der Waals surface area (Å²) in [6.07, 6.45) is 0. The number of hydrogen-bond donors (Lipinski definition) is 2. The number of nitrogens with one attached hydrogen (secondary N) is 1. The molecule has 0 bridgehead atoms. The van der Waals surface area contributed by atoms with Gasteiger partial charge in [-0.2, -0.15) is 0 Å². The third-order valence-electron chi connectivity index (χ3n) is 2.64. The zero-order chi connectivity index (χ0) is 15.1. The molecule has 1 heterocycles. The number of nitrogen functional groups attached to an aromatic ring is 1. The maximum absolute atomic E-state index is 11.6. The van der Waals surface area contributed by atoms with Gasteiger partial charge in [0.25, 0.3) is 0 Å². The second-order valence-electron chi connectivity index (χ2n) is 4.19. The highest BCUT2D eigenvalue weighted by molar-refractivity contribution is 8.01. The number of hydrogen-bond acceptors (Lipinski definition) is 6. The Bertz CT molecular complexity index is 587. The molecule has 112 valence electrons. The van der Waals surface area contributed by atoms with Gasteiger partial charge in [0.2, 0.25) is 5.91 Å². The van der Waals surface area contributed by atoms with Gasteiger partial charge in [0.1, 0.15) is 10.7 Å². The lowest BCUT2D eigenvalue weighted by atomic mass is 10.2. The fourth-order valence-corrected chi connectivity index (χ4v) is 3.43. The highest BCUT2D eigenvalue weighted by Gasteiger charge is 2.12. The molecule has 0 saturated carbocycles. The van der Waals surface area contributed by atoms with Gasteiger partial charge in [-0.3, -0.25) is 4.79 Å². The summed E-state index contributed by atoms with van der Waals surface area (Å²) in [5.41, 5.74) is 7.77. The van der Waals surface area contributed by atoms with Crippen molar-refractivity contribution in [2.75, 3.05) is 31.7 Å². The van der Waals surface area contributed by atoms with Gasteiger partial charge in [-0.1, -0.05) is 53.4 Å². The molecule has 0 saturated heterocycles. The van der Waals surface area contributed by atoms with Crippen molar-refractivity contribution in [2.24, 2.45) is 0 Å². The number of carbonyl (C=O) groups excluding carboxylic acids is 1. The van der Waals surface area contributed by atoms with E-state index in [0.717, 1.165) is 15.6 Å². The van der Waals surface area contributed by atoms with E-state index in [2.05, 4.69) is 10.3 Å². The number of aromatic nitrogens is 1. The molecule has 0 fully saturated rings. The van der Waals surface area contributed by atoms with Crippen LogP contribution in [0.3, 0.4) is 0 Å². The summed E-state index contributed by atoms with van der Waals surface area (Å²) >= 11 is 2.80. The minimum atomic E-state index is -0.0351. The van der Waals surface area contributed by atoms with Crippen LogP contribution in [0.1, 0.15) is 0 Å². The summed E-state index contributed by atoms with van der Waals surface area (Å²) in [5.74, 6) is 0.289. The van der Waals surface area contributed by atoms with Crippen LogP contribution in [0.25, 0.3) is 11.3 Å². The van der Waals surface area contributed by atoms with Crippen LogP contribution in [0.5, 0.6) is 0 Å². The highest BCUT2D eigenvalue weighted by Crippen LogP contribution is 2.35. The first kappa shape index (κ1) is 15.8. The van der Waals surface area contributed by atoms with Gasteiger partial charge in [-0.25, -0.2) is 4.98 Å². The van der Waals surface area contributed by atoms with E-state index in [1.165, 1.54) is 23.1 Å². The number of ether oxygens (including phenoxy) is 1. The standard InChI is InChI=1S/C14H17N3O2S2/c1-19-8-7-16-11(18)9-20-14-17-12(13(15)21-14)10-5-3-2-4-6-10/h2-6H,7-9,15H2,1H3,(H,16,18). The third-order valence-corrected chi connectivity index (χ3v) is 4.66. The van der Waals surface area contributed by atoms with Crippen molar-refractivity contribution in [1.29, 1.82) is 0 Å². The molecule has 0 radical (unpaired) electrons. The van der Waals surface area contributed by atoms with Gasteiger partial charge < -0.3 is 15.8 Å². The van der Waals surface area contributed by atoms with E-state index < -0.39 is 0 Å². The van der Waals surface area contributed by atoms with Crippen molar-refractivity contribution in [2.45, 2.75) is 4.34 Å². The molecule has 21 heavy (non-hydrogen) atoms. The first-order valence-electron chi connectivity index (χ1n) is 6.41. The van der Waals surface area contributed by atoms with E-state index in [4.69, 9.17) is 10.5 Å². The Kier molecular flexibility index (Phi) is 6.04. The SMILES string of the molecule is COCCNC(=O)CSc1nc(-c2ccccc2)c(N)s1. The summed E-state index contributed by atoms with van der Waals surface area (Å²) in [4.78, 5) is 16.1. The predicted molar refractivity (Wildman–Crippen MR) is 87.6 cm³/mol. The number of rotatable bonds is 7. The lowest BCUT2D eigenvalue weighted by Gasteiger charge is -2.02. The lowest BCUT2D eigenvalue weighted by Crippen LogP contribution is -2.28. The van der Waals surface area contributed by atoms with Crippen LogP contribution < -0.4 is 11.1 Å². The van der Waals surface area contributed by atoms with E-state index in [9.17, 15) is 4.79 Å². The number of nitrogens with zero attached hydrogens (tertiary/aromatic N) is 1. The molecule has 7 heteroatoms. The van der Waals surface area contributed by atoms with Crippen molar-refractivity contribution >= 4 is 34.0 Å². The molecule has 0 aliphatic rings. The van der Waals surface area contributed by atoms with Crippen LogP contribution in [0.2, 0.25) is 0 Å². The molecule has 0 spiro atoms. The number of thioether (sulfide) groups is 1. The Labute approximate surface area is 131 Å². The molecule has 5 nitrogen and oxygen atoms in total. The number of amides is 1. The third kappa shape index (κ3) is 4.73. The fourth-order valence-electron chi connectivity index (χ4n) is 1.65. The van der Waals surface area contributed by atoms with Crippen LogP contribution in [0, 0.1) is 0 Å². The van der Waals surface area contributed by atoms with E-state index >= 15 is 0 Å². The van der Waals surface area contributed by atoms with E-state index in [-0.39, 0.29) is 5.91 Å². The smallest absolute Gasteiger partial charge is 0.230 e. The number of methoxy groups -OCH3 is 1. The number of nitrogens with two attached hydrogens (primary N) is 1. The molecule has 2 rings (SSSR count). The number of thiazole rings is 1. The molecule has 2 aromatic rings. The minimum Gasteiger partial charge on any atom is -0.389 e. The number of carbonyl (C=O) groups is 1. The quantitative estimate of drug-likeness (QED) is 0.603. The van der Waals surface area contributed by atoms with Crippen LogP contribution in [-0.2, 0) is 9.53 Å². The molecule has 3 N–H and O–H groups in total. The van der Waals surface area contributed by atoms with E-state index in [1.54, 1.807) is 7.11 Å². The zero-order valence-corrected chi connectivity index (χ0v) is 13.3. The largest absolute Gasteiger partial charge is 0.389 e. The second-order valence-corrected chi connectivity index (χ2v) is 6.44. The lowest BCUT2D eigenvalue weighted by molar-refractivity contribution is -0.118. The monoisotopic (exact) mass is 323 g/mol. The molecule has 0 aliphatic carbocycles. The Balaban J connectivity index is 1.92. The van der Waals surface area contributed by atoms with Crippen molar-refractivity contribution in [1.82, 2.24) is 10.3 Å².